The maximum atomic E-state index is 14.5. The molecule has 7 unspecified atom stereocenters. The molecule has 5 aliphatic rings. The van der Waals surface area contributed by atoms with Crippen molar-refractivity contribution in [3.05, 3.63) is 264 Å². The van der Waals surface area contributed by atoms with Crippen molar-refractivity contribution in [2.45, 2.75) is 130 Å². The van der Waals surface area contributed by atoms with Gasteiger partial charge in [-0.1, -0.05) is 146 Å². The minimum absolute atomic E-state index is 0.00785. The van der Waals surface area contributed by atoms with Crippen molar-refractivity contribution in [2.24, 2.45) is 28.9 Å². The van der Waals surface area contributed by atoms with Crippen LogP contribution in [0, 0.1) is 5.92 Å². The number of thioether (sulfide) groups is 2. The van der Waals surface area contributed by atoms with Crippen LogP contribution < -0.4 is 43.0 Å². The zero-order chi connectivity index (χ0) is 94.8. The van der Waals surface area contributed by atoms with Crippen LogP contribution in [0.1, 0.15) is 160 Å². The number of urea groups is 1. The molecule has 0 spiro atoms. The number of ether oxygens (including phenoxy) is 4. The quantitative estimate of drug-likeness (QED) is 0.0275. The molecule has 12 aromatic rings. The normalized spacial score (nSPS) is 19.0. The van der Waals surface area contributed by atoms with Gasteiger partial charge in [0, 0.05) is 124 Å². The number of nitrogens with two attached hydrogens (primary N) is 4. The molecule has 5 aliphatic heterocycles. The average Bonchev–Trinajstić information content (AvgIpc) is 1.50. The molecule has 0 saturated carbocycles. The topological polar surface area (TPSA) is 481 Å². The van der Waals surface area contributed by atoms with Crippen LogP contribution in [0.2, 0.25) is 0 Å². The third kappa shape index (κ3) is 24.9. The highest BCUT2D eigenvalue weighted by Gasteiger charge is 2.55. The fourth-order valence-electron chi connectivity index (χ4n) is 15.3. The molecule has 134 heavy (non-hydrogen) atoms. The maximum Gasteiger partial charge on any atom is 0.410 e. The number of thiophene rings is 1. The SMILES string of the molecule is CC1C(c2nc(SCc3ccc(CN)cc3)n(C(=O)c3cscn3)n2)CCCN1S(C)(=O)=O.CC1CN(S(C)(=O)=O)CC1c1nc(OCc2ccc(CN)cc2)n(C(=O)c2ccsc2)n1.NCc1ccc(COc2nc(C3NCCN(C(=O)N4CCOCC4)C3C(F)(F)F)nn2C(=O)c2ccco2)cc1.NCc1ccc(CSc2nc(C3COCCN3)nn2C(=O)c2ccccc2)cc1. The molecular weight excluding hydrogens is 1850 g/mol. The Balaban J connectivity index is 0.000000144. The van der Waals surface area contributed by atoms with E-state index in [-0.39, 0.29) is 130 Å². The van der Waals surface area contributed by atoms with Crippen molar-refractivity contribution in [1.82, 2.24) is 93.1 Å². The van der Waals surface area contributed by atoms with E-state index in [1.54, 1.807) is 46.6 Å². The van der Waals surface area contributed by atoms with Crippen molar-refractivity contribution < 1.29 is 77.3 Å². The lowest BCUT2D eigenvalue weighted by atomic mass is 9.91. The molecule has 5 saturated heterocycles. The van der Waals surface area contributed by atoms with Gasteiger partial charge in [0.1, 0.15) is 18.9 Å². The number of carbonyl (C=O) groups is 5. The van der Waals surface area contributed by atoms with Gasteiger partial charge >= 0.3 is 30.1 Å². The number of aromatic nitrogens is 13. The number of rotatable bonds is 26. The first-order valence-corrected chi connectivity index (χ1v) is 50.4. The minimum atomic E-state index is -4.83. The summed E-state index contributed by atoms with van der Waals surface area (Å²) < 4.78 is 127. The van der Waals surface area contributed by atoms with Crippen molar-refractivity contribution >= 4 is 95.9 Å². The summed E-state index contributed by atoms with van der Waals surface area (Å²) in [7, 11) is -6.66. The number of hydrogen-bond donors (Lipinski definition) is 6. The molecule has 5 aromatic carbocycles. The summed E-state index contributed by atoms with van der Waals surface area (Å²) in [6.07, 6.45) is 0.337. The van der Waals surface area contributed by atoms with Crippen LogP contribution in [0.15, 0.2) is 188 Å². The Kier molecular flexibility index (Phi) is 33.5. The van der Waals surface area contributed by atoms with E-state index >= 15 is 0 Å². The molecule has 0 bridgehead atoms. The van der Waals surface area contributed by atoms with E-state index in [0.29, 0.717) is 121 Å². The zero-order valence-electron chi connectivity index (χ0n) is 73.6. The first-order valence-electron chi connectivity index (χ1n) is 42.9. The number of hydrogen-bond acceptors (Lipinski definition) is 33. The van der Waals surface area contributed by atoms with Gasteiger partial charge in [-0.15, -0.1) is 41.1 Å². The van der Waals surface area contributed by atoms with E-state index in [1.807, 2.05) is 122 Å². The first-order chi connectivity index (χ1) is 64.5. The van der Waals surface area contributed by atoms with E-state index in [1.165, 1.54) is 105 Å². The van der Waals surface area contributed by atoms with Crippen LogP contribution in [0.5, 0.6) is 12.0 Å². The van der Waals surface area contributed by atoms with E-state index in [2.05, 4.69) is 51.0 Å². The van der Waals surface area contributed by atoms with E-state index in [9.17, 15) is 54.0 Å². The van der Waals surface area contributed by atoms with Gasteiger partial charge in [-0.2, -0.15) is 48.1 Å². The number of piperazine rings is 1. The molecule has 710 valence electrons. The second kappa shape index (κ2) is 45.4. The van der Waals surface area contributed by atoms with E-state index in [4.69, 9.17) is 51.3 Å². The van der Waals surface area contributed by atoms with Gasteiger partial charge in [0.2, 0.25) is 20.0 Å². The Bertz CT molecular complexity index is 6150. The first kappa shape index (κ1) is 98.8. The summed E-state index contributed by atoms with van der Waals surface area (Å²) >= 11 is 5.65. The van der Waals surface area contributed by atoms with Crippen LogP contribution in [0.25, 0.3) is 0 Å². The number of sulfonamides is 2. The standard InChI is InChI=1S/C25H28F3N7O5.C21H26N6O3S3.C21H25N5O4S2.C21H23N5O2S/c26-25(27,28)20-19(30-7-8-34(20)24(37)33-9-12-38-13-10-33)21-31-23(35(32-21)22(36)18-2-1-11-39-18)40-15-17-5-3-16(14-29)4-6-17;1-14-17(4-3-9-26(14)33(2,29)30)19-24-21(27(25-19)20(28)18-12-31-13-23-18)32-11-16-7-5-15(10-22)6-8-16;1-14-10-25(32(2,28)29)11-18(14)19-23-21(26(24-19)20(27)17-7-8-31-13-17)30-12-16-5-3-15(9-22)4-6-16;22-12-15-6-8-16(9-7-15)14-29-21-24-19(18-13-28-11-10-23-18)25-26(21)20(27)17-4-2-1-3-5-17/h1-6,11,19-20,30H,7-10,12-15,29H2;5-8,12-14,17H,3-4,9-11,22H2,1-2H3;3-8,13-14,18H,9-12,22H2,1-2H3;1-9,18,23H,10-14,22H2. The minimum Gasteiger partial charge on any atom is -0.459 e. The number of carbonyl (C=O) groups excluding carboxylic acids is 5. The second-order valence-corrected chi connectivity index (χ2v) is 39.2. The Hall–Kier alpha value is -11.2. The molecule has 7 atom stereocenters. The molecular formula is C88H102F3N23O14S6. The fraction of sp³-hybridized carbons (Fsp3) is 0.386. The van der Waals surface area contributed by atoms with Gasteiger partial charge in [0.25, 0.3) is 17.7 Å². The number of nitrogens with zero attached hydrogens (tertiary/aromatic N) is 17. The summed E-state index contributed by atoms with van der Waals surface area (Å²) in [5.41, 5.74) is 33.5. The number of benzene rings is 5. The van der Waals surface area contributed by atoms with Gasteiger partial charge in [-0.25, -0.2) is 40.9 Å². The Morgan fingerprint density at radius 3 is 1.60 bits per heavy atom. The van der Waals surface area contributed by atoms with Crippen LogP contribution in [0.4, 0.5) is 18.0 Å². The summed E-state index contributed by atoms with van der Waals surface area (Å²) in [5, 5.41) is 30.1. The van der Waals surface area contributed by atoms with Crippen molar-refractivity contribution in [1.29, 1.82) is 0 Å². The van der Waals surface area contributed by atoms with Crippen molar-refractivity contribution in [3.63, 3.8) is 0 Å². The highest BCUT2D eigenvalue weighted by atomic mass is 32.2. The number of thiazole rings is 1. The van der Waals surface area contributed by atoms with Gasteiger partial charge < -0.3 is 66.7 Å². The number of alkyl halides is 3. The third-order valence-corrected chi connectivity index (χ3v) is 28.5. The highest BCUT2D eigenvalue weighted by molar-refractivity contribution is 7.98. The van der Waals surface area contributed by atoms with Crippen molar-refractivity contribution in [3.8, 4) is 12.0 Å². The van der Waals surface area contributed by atoms with Gasteiger partial charge in [-0.3, -0.25) is 19.2 Å². The summed E-state index contributed by atoms with van der Waals surface area (Å²) in [4.78, 5) is 89.7. The molecule has 0 aliphatic carbocycles. The predicted molar refractivity (Wildman–Crippen MR) is 494 cm³/mol. The van der Waals surface area contributed by atoms with Crippen LogP contribution >= 0.6 is 46.2 Å². The lowest BCUT2D eigenvalue weighted by Crippen LogP contribution is -2.64. The third-order valence-electron chi connectivity index (χ3n) is 22.6. The molecule has 2 amide bonds. The molecule has 46 heteroatoms. The molecule has 37 nitrogen and oxygen atoms in total. The highest BCUT2D eigenvalue weighted by Crippen LogP contribution is 2.40. The molecule has 0 radical (unpaired) electrons. The number of halogens is 3. The lowest BCUT2D eigenvalue weighted by Gasteiger charge is -2.43. The van der Waals surface area contributed by atoms with Crippen LogP contribution in [0.3, 0.4) is 0 Å². The largest absolute Gasteiger partial charge is 0.459 e. The second-order valence-electron chi connectivity index (χ2n) is 31.9. The Morgan fingerprint density at radius 1 is 0.537 bits per heavy atom. The van der Waals surface area contributed by atoms with Gasteiger partial charge in [0.15, 0.2) is 45.4 Å². The average molecular weight is 1960 g/mol. The maximum absolute atomic E-state index is 14.5. The van der Waals surface area contributed by atoms with Gasteiger partial charge in [-0.05, 0) is 106 Å². The van der Waals surface area contributed by atoms with Gasteiger partial charge in [0.05, 0.1) is 68.4 Å². The van der Waals surface area contributed by atoms with E-state index < -0.39 is 50.2 Å². The zero-order valence-corrected chi connectivity index (χ0v) is 78.5. The Labute approximate surface area is 787 Å². The Morgan fingerprint density at radius 2 is 1.07 bits per heavy atom. The smallest absolute Gasteiger partial charge is 0.410 e. The van der Waals surface area contributed by atoms with E-state index in [0.717, 1.165) is 61.5 Å². The molecule has 5 fully saturated rings. The lowest BCUT2D eigenvalue weighted by molar-refractivity contribution is -0.191. The molecule has 17 rings (SSSR count). The predicted octanol–water partition coefficient (Wildman–Crippen LogP) is 9.07. The number of piperidine rings is 1. The molecule has 10 N–H and O–H groups in total. The van der Waals surface area contributed by atoms with Crippen LogP contribution in [-0.4, -0.2) is 239 Å². The number of furan rings is 1. The van der Waals surface area contributed by atoms with Crippen molar-refractivity contribution in [2.75, 3.05) is 91.3 Å². The monoisotopic (exact) mass is 1950 g/mol. The number of amides is 2. The fourth-order valence-corrected chi connectivity index (χ4v) is 20.4. The summed E-state index contributed by atoms with van der Waals surface area (Å²) in [5.74, 6) is 0.210. The summed E-state index contributed by atoms with van der Waals surface area (Å²) in [6.45, 7) is 9.59. The number of morpholine rings is 2. The molecule has 12 heterocycles. The molecule has 7 aromatic heterocycles. The number of nitrogens with one attached hydrogen (secondary N) is 2. The van der Waals surface area contributed by atoms with Crippen LogP contribution in [-0.2, 0) is 80.4 Å². The summed E-state index contributed by atoms with van der Waals surface area (Å²) in [6, 6.07) is 39.4.